The van der Waals surface area contributed by atoms with Gasteiger partial charge in [-0.1, -0.05) is 84.0 Å². The van der Waals surface area contributed by atoms with E-state index in [1.807, 2.05) is 6.07 Å². The number of halogens is 1. The Kier molecular flexibility index (Phi) is 17.8. The van der Waals surface area contributed by atoms with Gasteiger partial charge < -0.3 is 21.7 Å². The highest BCUT2D eigenvalue weighted by Gasteiger charge is 2.02. The summed E-state index contributed by atoms with van der Waals surface area (Å²) in [4.78, 5) is 0. The normalized spacial score (nSPS) is 10.5. The molecule has 0 aliphatic heterocycles. The van der Waals surface area contributed by atoms with Gasteiger partial charge in [0.2, 0.25) is 6.20 Å². The summed E-state index contributed by atoms with van der Waals surface area (Å²) in [6.07, 6.45) is 24.0. The molecular formula is C22H40BrNO. The van der Waals surface area contributed by atoms with E-state index in [1.165, 1.54) is 89.9 Å². The monoisotopic (exact) mass is 413 g/mol. The molecule has 0 spiro atoms. The zero-order valence-corrected chi connectivity index (χ0v) is 18.2. The van der Waals surface area contributed by atoms with Gasteiger partial charge in [-0.3, -0.25) is 0 Å². The molecular weight excluding hydrogens is 374 g/mol. The maximum Gasteiger partial charge on any atom is 0.211 e. The summed E-state index contributed by atoms with van der Waals surface area (Å²) in [6, 6.07) is 4.06. The smallest absolute Gasteiger partial charge is 0.211 e. The molecule has 0 N–H and O–H groups in total. The molecule has 0 saturated heterocycles. The van der Waals surface area contributed by atoms with E-state index in [9.17, 15) is 0 Å². The topological polar surface area (TPSA) is 13.1 Å². The van der Waals surface area contributed by atoms with E-state index in [0.29, 0.717) is 0 Å². The Morgan fingerprint density at radius 1 is 0.760 bits per heavy atom. The number of hydrogen-bond donors (Lipinski definition) is 0. The van der Waals surface area contributed by atoms with Crippen LogP contribution in [0.2, 0.25) is 0 Å². The number of unbranched alkanes of at least 4 members (excludes halogenated alkanes) is 13. The fourth-order valence-electron chi connectivity index (χ4n) is 3.25. The minimum absolute atomic E-state index is 0. The first-order valence-corrected chi connectivity index (χ1v) is 10.4. The van der Waals surface area contributed by atoms with Crippen LogP contribution >= 0.6 is 0 Å². The van der Waals surface area contributed by atoms with Crippen molar-refractivity contribution in [3.63, 3.8) is 0 Å². The zero-order chi connectivity index (χ0) is 17.3. The Balaban J connectivity index is 0.00000576. The third-order valence-corrected chi connectivity index (χ3v) is 4.84. The van der Waals surface area contributed by atoms with E-state index in [0.717, 1.165) is 12.3 Å². The van der Waals surface area contributed by atoms with Crippen molar-refractivity contribution in [3.8, 4) is 5.75 Å². The Bertz CT molecular complexity index is 397. The molecule has 25 heavy (non-hydrogen) atoms. The van der Waals surface area contributed by atoms with Crippen LogP contribution in [0.4, 0.5) is 0 Å². The number of pyridine rings is 1. The molecule has 0 amide bonds. The third kappa shape index (κ3) is 14.3. The van der Waals surface area contributed by atoms with Crippen LogP contribution in [0.3, 0.4) is 0 Å². The molecule has 0 bridgehead atoms. The van der Waals surface area contributed by atoms with Crippen LogP contribution in [0.1, 0.15) is 96.8 Å². The maximum absolute atomic E-state index is 5.26. The fourth-order valence-corrected chi connectivity index (χ4v) is 3.25. The highest BCUT2D eigenvalue weighted by atomic mass is 79.9. The van der Waals surface area contributed by atoms with E-state index >= 15 is 0 Å². The van der Waals surface area contributed by atoms with E-state index in [4.69, 9.17) is 4.74 Å². The van der Waals surface area contributed by atoms with Gasteiger partial charge in [-0.05, 0) is 12.5 Å². The number of methoxy groups -OCH3 is 1. The molecule has 3 heteroatoms. The Labute approximate surface area is 167 Å². The lowest BCUT2D eigenvalue weighted by molar-refractivity contribution is -0.697. The number of aromatic nitrogens is 1. The molecule has 0 aliphatic carbocycles. The van der Waals surface area contributed by atoms with Crippen LogP contribution in [-0.2, 0) is 6.54 Å². The molecule has 0 atom stereocenters. The minimum atomic E-state index is 0. The quantitative estimate of drug-likeness (QED) is 0.298. The van der Waals surface area contributed by atoms with E-state index in [2.05, 4.69) is 30.0 Å². The predicted octanol–water partition coefficient (Wildman–Crippen LogP) is 3.47. The van der Waals surface area contributed by atoms with Crippen molar-refractivity contribution in [1.29, 1.82) is 0 Å². The largest absolute Gasteiger partial charge is 1.00 e. The van der Waals surface area contributed by atoms with Gasteiger partial charge in [0.1, 0.15) is 6.54 Å². The van der Waals surface area contributed by atoms with Crippen LogP contribution < -0.4 is 26.3 Å². The summed E-state index contributed by atoms with van der Waals surface area (Å²) in [5.41, 5.74) is 0. The molecule has 2 nitrogen and oxygen atoms in total. The number of ether oxygens (including phenoxy) is 1. The van der Waals surface area contributed by atoms with Crippen LogP contribution in [0, 0.1) is 0 Å². The van der Waals surface area contributed by atoms with Gasteiger partial charge in [-0.15, -0.1) is 0 Å². The molecule has 146 valence electrons. The van der Waals surface area contributed by atoms with E-state index in [1.54, 1.807) is 7.11 Å². The average molecular weight is 414 g/mol. The zero-order valence-electron chi connectivity index (χ0n) is 16.6. The second-order valence-corrected chi connectivity index (χ2v) is 7.08. The number of aryl methyl sites for hydroxylation is 1. The lowest BCUT2D eigenvalue weighted by Gasteiger charge is -2.03. The van der Waals surface area contributed by atoms with E-state index < -0.39 is 0 Å². The lowest BCUT2D eigenvalue weighted by Crippen LogP contribution is -3.00. The van der Waals surface area contributed by atoms with Crippen molar-refractivity contribution in [3.05, 3.63) is 24.5 Å². The summed E-state index contributed by atoms with van der Waals surface area (Å²) in [5.74, 6) is 0.947. The molecule has 1 aromatic rings. The van der Waals surface area contributed by atoms with Crippen molar-refractivity contribution in [2.24, 2.45) is 0 Å². The van der Waals surface area contributed by atoms with Gasteiger partial charge in [0, 0.05) is 12.5 Å². The number of hydrogen-bond acceptors (Lipinski definition) is 1. The van der Waals surface area contributed by atoms with Crippen LogP contribution in [0.25, 0.3) is 0 Å². The second kappa shape index (κ2) is 18.2. The molecule has 0 unspecified atom stereocenters. The summed E-state index contributed by atoms with van der Waals surface area (Å²) < 4.78 is 7.49. The molecule has 0 radical (unpaired) electrons. The van der Waals surface area contributed by atoms with Gasteiger partial charge in [-0.25, -0.2) is 4.57 Å². The Morgan fingerprint density at radius 2 is 1.24 bits per heavy atom. The summed E-state index contributed by atoms with van der Waals surface area (Å²) >= 11 is 0. The standard InChI is InChI=1S/C22H40NO.BrH/c1-3-4-5-6-7-8-9-10-11-12-13-14-15-16-19-23-20-17-18-22(21-23)24-2;/h17-18,20-21H,3-16,19H2,1-2H3;1H/q+1;/p-1. The van der Waals surface area contributed by atoms with Crippen LogP contribution in [0.15, 0.2) is 24.5 Å². The molecule has 0 aliphatic rings. The number of rotatable bonds is 16. The first-order valence-electron chi connectivity index (χ1n) is 10.4. The molecule has 1 rings (SSSR count). The van der Waals surface area contributed by atoms with Gasteiger partial charge in [-0.2, -0.15) is 0 Å². The Hall–Kier alpha value is -0.570. The summed E-state index contributed by atoms with van der Waals surface area (Å²) in [6.45, 7) is 3.40. The van der Waals surface area contributed by atoms with Crippen LogP contribution in [-0.4, -0.2) is 7.11 Å². The summed E-state index contributed by atoms with van der Waals surface area (Å²) in [7, 11) is 1.73. The molecule has 0 saturated carbocycles. The second-order valence-electron chi connectivity index (χ2n) is 7.08. The SMILES string of the molecule is CCCCCCCCCCCCCCCC[n+]1cccc(OC)c1.[Br-]. The van der Waals surface area contributed by atoms with Gasteiger partial charge >= 0.3 is 0 Å². The molecule has 0 fully saturated rings. The molecule has 1 aromatic heterocycles. The maximum atomic E-state index is 5.26. The first-order chi connectivity index (χ1) is 11.9. The van der Waals surface area contributed by atoms with Crippen molar-refractivity contribution < 1.29 is 26.3 Å². The van der Waals surface area contributed by atoms with Gasteiger partial charge in [0.05, 0.1) is 7.11 Å². The number of nitrogens with zero attached hydrogens (tertiary/aromatic N) is 1. The van der Waals surface area contributed by atoms with Crippen molar-refractivity contribution in [2.45, 2.75) is 103 Å². The lowest BCUT2D eigenvalue weighted by atomic mass is 10.0. The van der Waals surface area contributed by atoms with Crippen LogP contribution in [0.5, 0.6) is 5.75 Å². The van der Waals surface area contributed by atoms with Gasteiger partial charge in [0.25, 0.3) is 0 Å². The van der Waals surface area contributed by atoms with Crippen molar-refractivity contribution in [1.82, 2.24) is 0 Å². The first kappa shape index (κ1) is 24.4. The predicted molar refractivity (Wildman–Crippen MR) is 104 cm³/mol. The highest BCUT2D eigenvalue weighted by molar-refractivity contribution is 5.11. The fraction of sp³-hybridized carbons (Fsp3) is 0.773. The van der Waals surface area contributed by atoms with Crippen molar-refractivity contribution in [2.75, 3.05) is 7.11 Å². The highest BCUT2D eigenvalue weighted by Crippen LogP contribution is 2.13. The third-order valence-electron chi connectivity index (χ3n) is 4.84. The van der Waals surface area contributed by atoms with Crippen molar-refractivity contribution >= 4 is 0 Å². The van der Waals surface area contributed by atoms with E-state index in [-0.39, 0.29) is 17.0 Å². The summed E-state index contributed by atoms with van der Waals surface area (Å²) in [5, 5.41) is 0. The molecule has 1 heterocycles. The average Bonchev–Trinajstić information content (AvgIpc) is 2.62. The minimum Gasteiger partial charge on any atom is -1.00 e. The Morgan fingerprint density at radius 3 is 1.72 bits per heavy atom. The molecule has 0 aromatic carbocycles. The van der Waals surface area contributed by atoms with Gasteiger partial charge in [0.15, 0.2) is 11.9 Å².